The van der Waals surface area contributed by atoms with Gasteiger partial charge in [0.05, 0.1) is 6.42 Å². The number of hydrogen-bond acceptors (Lipinski definition) is 2. The highest BCUT2D eigenvalue weighted by atomic mass is 16.2. The van der Waals surface area contributed by atoms with Gasteiger partial charge >= 0.3 is 0 Å². The molecular formula is C20H24N2O. The van der Waals surface area contributed by atoms with Gasteiger partial charge in [-0.3, -0.25) is 9.69 Å². The van der Waals surface area contributed by atoms with Crippen molar-refractivity contribution in [3.8, 4) is 0 Å². The summed E-state index contributed by atoms with van der Waals surface area (Å²) in [6.45, 7) is 5.10. The van der Waals surface area contributed by atoms with Crippen LogP contribution in [-0.2, 0) is 11.2 Å². The monoisotopic (exact) mass is 308 g/mol. The Labute approximate surface area is 137 Å². The van der Waals surface area contributed by atoms with Gasteiger partial charge in [0.15, 0.2) is 0 Å². The molecule has 2 fully saturated rings. The summed E-state index contributed by atoms with van der Waals surface area (Å²) >= 11 is 0. The standard InChI is InChI=1S/C20H24N2O/c23-20(22-11-9-21(10-12-22)15-16-5-6-16)14-17-7-8-18-3-1-2-4-19(18)13-17/h1-4,7-8,13,16H,5-6,9-12,14-15H2. The van der Waals surface area contributed by atoms with Gasteiger partial charge in [0.25, 0.3) is 0 Å². The zero-order valence-corrected chi connectivity index (χ0v) is 13.6. The third-order valence-corrected chi connectivity index (χ3v) is 5.11. The van der Waals surface area contributed by atoms with Crippen LogP contribution < -0.4 is 0 Å². The summed E-state index contributed by atoms with van der Waals surface area (Å²) in [7, 11) is 0. The fraction of sp³-hybridized carbons (Fsp3) is 0.450. The van der Waals surface area contributed by atoms with Crippen LogP contribution in [0.1, 0.15) is 18.4 Å². The van der Waals surface area contributed by atoms with E-state index in [0.717, 1.165) is 37.7 Å². The van der Waals surface area contributed by atoms with Crippen molar-refractivity contribution in [2.75, 3.05) is 32.7 Å². The Bertz CT molecular complexity index is 700. The van der Waals surface area contributed by atoms with Crippen molar-refractivity contribution in [2.45, 2.75) is 19.3 Å². The van der Waals surface area contributed by atoms with E-state index in [0.29, 0.717) is 6.42 Å². The summed E-state index contributed by atoms with van der Waals surface area (Å²) in [4.78, 5) is 17.1. The second-order valence-corrected chi connectivity index (χ2v) is 6.98. The minimum Gasteiger partial charge on any atom is -0.340 e. The van der Waals surface area contributed by atoms with Crippen molar-refractivity contribution in [3.63, 3.8) is 0 Å². The van der Waals surface area contributed by atoms with Crippen LogP contribution in [0.4, 0.5) is 0 Å². The summed E-state index contributed by atoms with van der Waals surface area (Å²) in [6, 6.07) is 14.7. The van der Waals surface area contributed by atoms with Crippen LogP contribution in [0, 0.1) is 5.92 Å². The molecule has 0 radical (unpaired) electrons. The number of nitrogens with zero attached hydrogens (tertiary/aromatic N) is 2. The van der Waals surface area contributed by atoms with Crippen molar-refractivity contribution in [3.05, 3.63) is 48.0 Å². The number of fused-ring (bicyclic) bond motifs is 1. The van der Waals surface area contributed by atoms with E-state index >= 15 is 0 Å². The number of rotatable bonds is 4. The maximum Gasteiger partial charge on any atom is 0.227 e. The lowest BCUT2D eigenvalue weighted by molar-refractivity contribution is -0.132. The maximum atomic E-state index is 12.6. The highest BCUT2D eigenvalue weighted by molar-refractivity contribution is 5.85. The van der Waals surface area contributed by atoms with Crippen molar-refractivity contribution in [1.82, 2.24) is 9.80 Å². The summed E-state index contributed by atoms with van der Waals surface area (Å²) in [5.41, 5.74) is 1.12. The minimum atomic E-state index is 0.270. The van der Waals surface area contributed by atoms with Crippen LogP contribution in [0.3, 0.4) is 0 Å². The Morgan fingerprint density at radius 3 is 2.43 bits per heavy atom. The summed E-state index contributed by atoms with van der Waals surface area (Å²) in [6.07, 6.45) is 3.33. The van der Waals surface area contributed by atoms with E-state index in [1.54, 1.807) is 0 Å². The number of amides is 1. The molecule has 0 spiro atoms. The van der Waals surface area contributed by atoms with Gasteiger partial charge in [-0.15, -0.1) is 0 Å². The molecule has 1 aliphatic carbocycles. The molecule has 2 aliphatic rings. The Hall–Kier alpha value is -1.87. The Morgan fingerprint density at radius 1 is 0.957 bits per heavy atom. The largest absolute Gasteiger partial charge is 0.340 e. The second-order valence-electron chi connectivity index (χ2n) is 6.98. The zero-order valence-electron chi connectivity index (χ0n) is 13.6. The average molecular weight is 308 g/mol. The molecule has 0 atom stereocenters. The molecule has 0 aromatic heterocycles. The van der Waals surface area contributed by atoms with Gasteiger partial charge in [0, 0.05) is 32.7 Å². The van der Waals surface area contributed by atoms with Gasteiger partial charge in [-0.1, -0.05) is 42.5 Å². The third-order valence-electron chi connectivity index (χ3n) is 5.11. The highest BCUT2D eigenvalue weighted by Gasteiger charge is 2.27. The van der Waals surface area contributed by atoms with Gasteiger partial charge in [-0.05, 0) is 35.1 Å². The molecule has 1 amide bonds. The Morgan fingerprint density at radius 2 is 1.70 bits per heavy atom. The first-order chi connectivity index (χ1) is 11.3. The lowest BCUT2D eigenvalue weighted by atomic mass is 10.0. The molecule has 0 bridgehead atoms. The molecular weight excluding hydrogens is 284 g/mol. The van der Waals surface area contributed by atoms with Crippen LogP contribution >= 0.6 is 0 Å². The number of carbonyl (C=O) groups is 1. The molecule has 2 aromatic carbocycles. The van der Waals surface area contributed by atoms with E-state index in [1.165, 1.54) is 30.2 Å². The van der Waals surface area contributed by atoms with E-state index in [1.807, 2.05) is 17.0 Å². The van der Waals surface area contributed by atoms with E-state index in [9.17, 15) is 4.79 Å². The fourth-order valence-electron chi connectivity index (χ4n) is 3.48. The SMILES string of the molecule is O=C(Cc1ccc2ccccc2c1)N1CCN(CC2CC2)CC1. The first-order valence-corrected chi connectivity index (χ1v) is 8.76. The first-order valence-electron chi connectivity index (χ1n) is 8.76. The molecule has 1 saturated heterocycles. The summed E-state index contributed by atoms with van der Waals surface area (Å²) in [5.74, 6) is 1.21. The molecule has 120 valence electrons. The zero-order chi connectivity index (χ0) is 15.6. The number of hydrogen-bond donors (Lipinski definition) is 0. The third kappa shape index (κ3) is 3.56. The van der Waals surface area contributed by atoms with Crippen molar-refractivity contribution >= 4 is 16.7 Å². The lowest BCUT2D eigenvalue weighted by Gasteiger charge is -2.34. The topological polar surface area (TPSA) is 23.6 Å². The van der Waals surface area contributed by atoms with Crippen LogP contribution in [0.25, 0.3) is 10.8 Å². The first kappa shape index (κ1) is 14.7. The second kappa shape index (κ2) is 6.32. The molecule has 1 aliphatic heterocycles. The number of benzene rings is 2. The van der Waals surface area contributed by atoms with Gasteiger partial charge in [0.1, 0.15) is 0 Å². The van der Waals surface area contributed by atoms with Crippen molar-refractivity contribution < 1.29 is 4.79 Å². The quantitative estimate of drug-likeness (QED) is 0.867. The average Bonchev–Trinajstić information content (AvgIpc) is 3.39. The van der Waals surface area contributed by atoms with Crippen LogP contribution in [0.5, 0.6) is 0 Å². The van der Waals surface area contributed by atoms with Gasteiger partial charge in [-0.2, -0.15) is 0 Å². The van der Waals surface area contributed by atoms with E-state index in [-0.39, 0.29) is 5.91 Å². The van der Waals surface area contributed by atoms with Crippen LogP contribution in [-0.4, -0.2) is 48.4 Å². The normalized spacial score (nSPS) is 19.2. The van der Waals surface area contributed by atoms with E-state index in [2.05, 4.69) is 35.2 Å². The lowest BCUT2D eigenvalue weighted by Crippen LogP contribution is -2.49. The molecule has 3 nitrogen and oxygen atoms in total. The molecule has 0 unspecified atom stereocenters. The molecule has 4 rings (SSSR count). The van der Waals surface area contributed by atoms with Gasteiger partial charge < -0.3 is 4.90 Å². The van der Waals surface area contributed by atoms with Crippen LogP contribution in [0.2, 0.25) is 0 Å². The minimum absolute atomic E-state index is 0.270. The fourth-order valence-corrected chi connectivity index (χ4v) is 3.48. The smallest absolute Gasteiger partial charge is 0.227 e. The number of carbonyl (C=O) groups excluding carboxylic acids is 1. The summed E-state index contributed by atoms with van der Waals surface area (Å²) in [5, 5.41) is 2.45. The maximum absolute atomic E-state index is 12.6. The highest BCUT2D eigenvalue weighted by Crippen LogP contribution is 2.30. The predicted octanol–water partition coefficient (Wildman–Crippen LogP) is 2.94. The van der Waals surface area contributed by atoms with Gasteiger partial charge in [0.2, 0.25) is 5.91 Å². The molecule has 1 saturated carbocycles. The van der Waals surface area contributed by atoms with Crippen LogP contribution in [0.15, 0.2) is 42.5 Å². The molecule has 0 N–H and O–H groups in total. The summed E-state index contributed by atoms with van der Waals surface area (Å²) < 4.78 is 0. The predicted molar refractivity (Wildman–Crippen MR) is 93.4 cm³/mol. The van der Waals surface area contributed by atoms with E-state index in [4.69, 9.17) is 0 Å². The molecule has 2 aromatic rings. The number of piperazine rings is 1. The Kier molecular flexibility index (Phi) is 4.04. The van der Waals surface area contributed by atoms with Crippen molar-refractivity contribution in [1.29, 1.82) is 0 Å². The Balaban J connectivity index is 1.35. The molecule has 1 heterocycles. The van der Waals surface area contributed by atoms with Crippen molar-refractivity contribution in [2.24, 2.45) is 5.92 Å². The van der Waals surface area contributed by atoms with Gasteiger partial charge in [-0.25, -0.2) is 0 Å². The molecule has 3 heteroatoms. The molecule has 23 heavy (non-hydrogen) atoms. The van der Waals surface area contributed by atoms with E-state index < -0.39 is 0 Å².